The number of hydrogen-bond acceptors (Lipinski definition) is 2. The minimum atomic E-state index is -3.63. The molecule has 126 valence electrons. The summed E-state index contributed by atoms with van der Waals surface area (Å²) in [5.41, 5.74) is 0. The monoisotopic (exact) mass is 338 g/mol. The Kier molecular flexibility index (Phi) is 6.86. The minimum absolute atomic E-state index is 0.180. The molecule has 6 heteroatoms. The Balaban J connectivity index is 2.99. The van der Waals surface area contributed by atoms with Crippen LogP contribution in [0.25, 0.3) is 0 Å². The van der Waals surface area contributed by atoms with E-state index in [1.165, 1.54) is 12.8 Å². The van der Waals surface area contributed by atoms with E-state index in [0.717, 1.165) is 17.4 Å². The second kappa shape index (κ2) is 7.37. The molecule has 0 aliphatic heterocycles. The van der Waals surface area contributed by atoms with Gasteiger partial charge < -0.3 is 14.3 Å². The van der Waals surface area contributed by atoms with Crippen LogP contribution in [0.15, 0.2) is 0 Å². The average Bonchev–Trinajstić information content (AvgIpc) is 2.23. The molecule has 0 aromatic heterocycles. The first-order valence-corrected chi connectivity index (χ1v) is 10.6. The van der Waals surface area contributed by atoms with Gasteiger partial charge in [-0.3, -0.25) is 4.52 Å². The van der Waals surface area contributed by atoms with Crippen LogP contribution >= 0.6 is 6.72 Å². The largest absolute Gasteiger partial charge is 0.329 e. The fourth-order valence-corrected chi connectivity index (χ4v) is 4.57. The summed E-state index contributed by atoms with van der Waals surface area (Å²) < 4.78 is 6.34. The fourth-order valence-electron chi connectivity index (χ4n) is 3.67. The normalized spacial score (nSPS) is 29.7. The van der Waals surface area contributed by atoms with Gasteiger partial charge in [-0.05, 0) is 48.3 Å². The number of nitrogens with zero attached hydrogens (tertiary/aromatic N) is 1. The quantitative estimate of drug-likeness (QED) is 0.577. The Morgan fingerprint density at radius 3 is 2.19 bits per heavy atom. The first-order valence-electron chi connectivity index (χ1n) is 7.93. The van der Waals surface area contributed by atoms with Gasteiger partial charge in [0, 0.05) is 0 Å². The highest BCUT2D eigenvalue weighted by Crippen LogP contribution is 2.46. The molecule has 4 unspecified atom stereocenters. The molecular weight excluding hydrogens is 305 g/mol. The highest BCUT2D eigenvalue weighted by Gasteiger charge is 2.40. The third-order valence-corrected chi connectivity index (χ3v) is 5.36. The van der Waals surface area contributed by atoms with Crippen LogP contribution in [-0.2, 0) is 16.3 Å². The summed E-state index contributed by atoms with van der Waals surface area (Å²) in [6.45, 7) is 3.91. The van der Waals surface area contributed by atoms with Crippen molar-refractivity contribution in [3.63, 3.8) is 0 Å². The Bertz CT molecular complexity index is 378. The Morgan fingerprint density at radius 2 is 1.76 bits per heavy atom. The lowest BCUT2D eigenvalue weighted by Crippen LogP contribution is -2.48. The van der Waals surface area contributed by atoms with Gasteiger partial charge in [0.2, 0.25) is 0 Å². The van der Waals surface area contributed by atoms with E-state index in [9.17, 15) is 9.79 Å². The predicted octanol–water partition coefficient (Wildman–Crippen LogP) is 3.00. The van der Waals surface area contributed by atoms with Crippen LogP contribution < -0.4 is 0 Å². The van der Waals surface area contributed by atoms with Gasteiger partial charge in [-0.2, -0.15) is 0 Å². The maximum Gasteiger partial charge on any atom is 0.322 e. The van der Waals surface area contributed by atoms with Crippen LogP contribution in [0.2, 0.25) is 0 Å². The Labute approximate surface area is 135 Å². The molecule has 4 nitrogen and oxygen atoms in total. The molecule has 1 aliphatic carbocycles. The van der Waals surface area contributed by atoms with E-state index >= 15 is 0 Å². The third kappa shape index (κ3) is 7.06. The van der Waals surface area contributed by atoms with E-state index in [4.69, 9.17) is 16.3 Å². The lowest BCUT2D eigenvalue weighted by molar-refractivity contribution is -0.873. The van der Waals surface area contributed by atoms with Gasteiger partial charge in [0.05, 0.1) is 21.1 Å². The highest BCUT2D eigenvalue weighted by molar-refractivity contribution is 8.06. The summed E-state index contributed by atoms with van der Waals surface area (Å²) >= 11 is 4.75. The van der Waals surface area contributed by atoms with Gasteiger partial charge in [0.15, 0.2) is 0 Å². The zero-order chi connectivity index (χ0) is 16.4. The maximum absolute atomic E-state index is 9.66. The molecule has 0 saturated heterocycles. The summed E-state index contributed by atoms with van der Waals surface area (Å²) in [4.78, 5) is 19.3. The van der Waals surface area contributed by atoms with E-state index < -0.39 is 6.72 Å². The van der Waals surface area contributed by atoms with Crippen molar-refractivity contribution in [3.05, 3.63) is 0 Å². The molecule has 0 spiro atoms. The molecule has 0 aromatic rings. The molecule has 1 rings (SSSR count). The molecule has 0 radical (unpaired) electrons. The number of quaternary nitrogens is 1. The van der Waals surface area contributed by atoms with Gasteiger partial charge in [-0.25, -0.2) is 0 Å². The van der Waals surface area contributed by atoms with Gasteiger partial charge >= 0.3 is 6.72 Å². The van der Waals surface area contributed by atoms with Crippen molar-refractivity contribution < 1.29 is 18.8 Å². The van der Waals surface area contributed by atoms with Crippen LogP contribution in [0.1, 0.15) is 40.0 Å². The van der Waals surface area contributed by atoms with Gasteiger partial charge in [-0.15, -0.1) is 0 Å². The van der Waals surface area contributed by atoms with Gasteiger partial charge in [0.25, 0.3) is 0 Å². The van der Waals surface area contributed by atoms with E-state index in [0.29, 0.717) is 23.7 Å². The molecular formula is C15H33NO3PS+. The van der Waals surface area contributed by atoms with Crippen molar-refractivity contribution in [2.75, 3.05) is 27.7 Å². The van der Waals surface area contributed by atoms with Crippen LogP contribution in [0, 0.1) is 23.7 Å². The zero-order valence-electron chi connectivity index (χ0n) is 14.3. The number of rotatable bonds is 6. The lowest BCUT2D eigenvalue weighted by atomic mass is 9.68. The van der Waals surface area contributed by atoms with Crippen LogP contribution in [0.4, 0.5) is 0 Å². The topological polar surface area (TPSA) is 49.7 Å². The summed E-state index contributed by atoms with van der Waals surface area (Å²) in [5, 5.41) is 0. The summed E-state index contributed by atoms with van der Waals surface area (Å²) in [6.07, 6.45) is 3.35. The summed E-state index contributed by atoms with van der Waals surface area (Å²) in [6, 6.07) is 0. The zero-order valence-corrected chi connectivity index (χ0v) is 16.0. The van der Waals surface area contributed by atoms with E-state index in [1.807, 2.05) is 0 Å². The average molecular weight is 338 g/mol. The molecule has 0 amide bonds. The molecule has 2 N–H and O–H groups in total. The predicted molar refractivity (Wildman–Crippen MR) is 91.3 cm³/mol. The maximum atomic E-state index is 9.66. The van der Waals surface area contributed by atoms with Crippen LogP contribution in [0.3, 0.4) is 0 Å². The lowest BCUT2D eigenvalue weighted by Gasteiger charge is -2.43. The Morgan fingerprint density at radius 1 is 1.19 bits per heavy atom. The third-order valence-electron chi connectivity index (χ3n) is 4.55. The van der Waals surface area contributed by atoms with E-state index in [2.05, 4.69) is 41.9 Å². The van der Waals surface area contributed by atoms with Gasteiger partial charge in [-0.1, -0.05) is 27.2 Å². The second-order valence-corrected chi connectivity index (χ2v) is 10.7. The molecule has 1 aliphatic rings. The van der Waals surface area contributed by atoms with E-state index in [1.54, 1.807) is 0 Å². The highest BCUT2D eigenvalue weighted by atomic mass is 32.5. The van der Waals surface area contributed by atoms with Gasteiger partial charge in [0.1, 0.15) is 12.6 Å². The number of likely N-dealkylation sites (N-methyl/N-ethyl adjacent to an activating group) is 1. The molecule has 21 heavy (non-hydrogen) atoms. The summed E-state index contributed by atoms with van der Waals surface area (Å²) in [5.74, 6) is 2.17. The van der Waals surface area contributed by atoms with Crippen molar-refractivity contribution in [1.29, 1.82) is 0 Å². The Hall–Kier alpha value is 0.490. The van der Waals surface area contributed by atoms with Crippen molar-refractivity contribution in [3.8, 4) is 0 Å². The van der Waals surface area contributed by atoms with E-state index in [-0.39, 0.29) is 6.10 Å². The SMILES string of the molecule is CC1CCC(C(C)C)C(C(C[N+](C)(C)C)OP(O)(O)=S)C1. The number of hydrogen-bond donors (Lipinski definition) is 2. The van der Waals surface area contributed by atoms with Crippen LogP contribution in [-0.4, -0.2) is 48.1 Å². The summed E-state index contributed by atoms with van der Waals surface area (Å²) in [7, 11) is 6.31. The molecule has 0 aromatic carbocycles. The fraction of sp³-hybridized carbons (Fsp3) is 1.00. The van der Waals surface area contributed by atoms with Crippen molar-refractivity contribution in [1.82, 2.24) is 0 Å². The molecule has 1 saturated carbocycles. The molecule has 4 atom stereocenters. The van der Waals surface area contributed by atoms with Crippen LogP contribution in [0.5, 0.6) is 0 Å². The molecule has 0 bridgehead atoms. The standard InChI is InChI=1S/C15H32NO3PS/c1-11(2)13-8-7-12(3)9-14(13)15(10-16(4,5)6)19-20(17,18)21/h11-15H,7-10H2,1-6H3,(H-,17,18,21)/p+1. The van der Waals surface area contributed by atoms with Crippen molar-refractivity contribution in [2.24, 2.45) is 23.7 Å². The minimum Gasteiger partial charge on any atom is -0.329 e. The van der Waals surface area contributed by atoms with Crippen molar-refractivity contribution in [2.45, 2.75) is 46.1 Å². The first-order chi connectivity index (χ1) is 9.39. The molecule has 1 fully saturated rings. The van der Waals surface area contributed by atoms with Crippen molar-refractivity contribution >= 4 is 18.5 Å². The smallest absolute Gasteiger partial charge is 0.322 e. The first kappa shape index (κ1) is 19.5. The molecule has 0 heterocycles. The second-order valence-electron chi connectivity index (χ2n) is 8.10.